The molecule has 1 aliphatic carbocycles. The Morgan fingerprint density at radius 1 is 1.06 bits per heavy atom. The SMILES string of the molecule is CNCC1(Cc2ccc3ccccc3c2)CC1. The smallest absolute Gasteiger partial charge is 0.000800 e. The molecule has 3 rings (SSSR count). The molecule has 1 saturated carbocycles. The van der Waals surface area contributed by atoms with E-state index in [2.05, 4.69) is 54.8 Å². The minimum absolute atomic E-state index is 0.553. The van der Waals surface area contributed by atoms with Gasteiger partial charge in [0.05, 0.1) is 0 Å². The lowest BCUT2D eigenvalue weighted by molar-refractivity contribution is 0.478. The lowest BCUT2D eigenvalue weighted by atomic mass is 9.95. The number of fused-ring (bicyclic) bond motifs is 1. The van der Waals surface area contributed by atoms with Crippen LogP contribution in [0, 0.1) is 5.41 Å². The van der Waals surface area contributed by atoms with Gasteiger partial charge in [-0.2, -0.15) is 0 Å². The van der Waals surface area contributed by atoms with Crippen molar-refractivity contribution < 1.29 is 0 Å². The van der Waals surface area contributed by atoms with Crippen LogP contribution in [0.15, 0.2) is 42.5 Å². The van der Waals surface area contributed by atoms with Crippen molar-refractivity contribution in [3.8, 4) is 0 Å². The van der Waals surface area contributed by atoms with Gasteiger partial charge >= 0.3 is 0 Å². The van der Waals surface area contributed by atoms with E-state index in [-0.39, 0.29) is 0 Å². The van der Waals surface area contributed by atoms with Gasteiger partial charge in [-0.3, -0.25) is 0 Å². The normalized spacial score (nSPS) is 17.2. The minimum atomic E-state index is 0.553. The first-order valence-electron chi connectivity index (χ1n) is 6.44. The number of benzene rings is 2. The molecule has 1 N–H and O–H groups in total. The molecule has 0 aliphatic heterocycles. The van der Waals surface area contributed by atoms with Crippen LogP contribution in [0.5, 0.6) is 0 Å². The van der Waals surface area contributed by atoms with Gasteiger partial charge in [0.25, 0.3) is 0 Å². The Kier molecular flexibility index (Phi) is 2.64. The second-order valence-electron chi connectivity index (χ2n) is 5.39. The van der Waals surface area contributed by atoms with Gasteiger partial charge in [0, 0.05) is 6.54 Å². The van der Waals surface area contributed by atoms with Gasteiger partial charge in [-0.05, 0) is 48.1 Å². The monoisotopic (exact) mass is 225 g/mol. The molecule has 2 aromatic rings. The molecule has 88 valence electrons. The van der Waals surface area contributed by atoms with E-state index in [0.717, 1.165) is 6.54 Å². The minimum Gasteiger partial charge on any atom is -0.319 e. The molecule has 1 nitrogen and oxygen atoms in total. The third-order valence-corrected chi connectivity index (χ3v) is 3.90. The van der Waals surface area contributed by atoms with E-state index in [1.807, 2.05) is 0 Å². The highest BCUT2D eigenvalue weighted by atomic mass is 14.8. The quantitative estimate of drug-likeness (QED) is 0.841. The lowest BCUT2D eigenvalue weighted by Crippen LogP contribution is -2.21. The number of hydrogen-bond acceptors (Lipinski definition) is 1. The summed E-state index contributed by atoms with van der Waals surface area (Å²) in [6, 6.07) is 15.5. The van der Waals surface area contributed by atoms with Crippen molar-refractivity contribution in [1.29, 1.82) is 0 Å². The lowest BCUT2D eigenvalue weighted by Gasteiger charge is -2.14. The topological polar surface area (TPSA) is 12.0 Å². The third kappa shape index (κ3) is 2.20. The Morgan fingerprint density at radius 3 is 2.53 bits per heavy atom. The van der Waals surface area contributed by atoms with Crippen molar-refractivity contribution in [3.63, 3.8) is 0 Å². The zero-order chi connectivity index (χ0) is 11.7. The van der Waals surface area contributed by atoms with Crippen LogP contribution in [0.3, 0.4) is 0 Å². The average molecular weight is 225 g/mol. The largest absolute Gasteiger partial charge is 0.319 e. The summed E-state index contributed by atoms with van der Waals surface area (Å²) < 4.78 is 0. The van der Waals surface area contributed by atoms with Crippen LogP contribution in [-0.4, -0.2) is 13.6 Å². The first kappa shape index (κ1) is 10.8. The van der Waals surface area contributed by atoms with Gasteiger partial charge in [-0.1, -0.05) is 42.5 Å². The molecule has 1 fully saturated rings. The number of rotatable bonds is 4. The highest BCUT2D eigenvalue weighted by Crippen LogP contribution is 2.47. The predicted molar refractivity (Wildman–Crippen MR) is 73.2 cm³/mol. The van der Waals surface area contributed by atoms with Crippen LogP contribution in [-0.2, 0) is 6.42 Å². The first-order chi connectivity index (χ1) is 8.31. The fourth-order valence-corrected chi connectivity index (χ4v) is 2.75. The molecule has 0 atom stereocenters. The zero-order valence-corrected chi connectivity index (χ0v) is 10.4. The van der Waals surface area contributed by atoms with Crippen LogP contribution < -0.4 is 5.32 Å². The van der Waals surface area contributed by atoms with Gasteiger partial charge < -0.3 is 5.32 Å². The van der Waals surface area contributed by atoms with Crippen molar-refractivity contribution in [3.05, 3.63) is 48.0 Å². The molecule has 0 aromatic heterocycles. The Morgan fingerprint density at radius 2 is 1.82 bits per heavy atom. The Labute approximate surface area is 103 Å². The average Bonchev–Trinajstić information content (AvgIpc) is 3.09. The van der Waals surface area contributed by atoms with Crippen molar-refractivity contribution in [1.82, 2.24) is 5.32 Å². The molecule has 0 saturated heterocycles. The highest BCUT2D eigenvalue weighted by Gasteiger charge is 2.41. The second kappa shape index (κ2) is 4.15. The molecule has 17 heavy (non-hydrogen) atoms. The van der Waals surface area contributed by atoms with E-state index in [1.54, 1.807) is 0 Å². The fourth-order valence-electron chi connectivity index (χ4n) is 2.75. The summed E-state index contributed by atoms with van der Waals surface area (Å²) in [5.74, 6) is 0. The van der Waals surface area contributed by atoms with Crippen LogP contribution in [0.4, 0.5) is 0 Å². The van der Waals surface area contributed by atoms with E-state index in [4.69, 9.17) is 0 Å². The summed E-state index contributed by atoms with van der Waals surface area (Å²) in [6.45, 7) is 1.15. The molecule has 0 unspecified atom stereocenters. The summed E-state index contributed by atoms with van der Waals surface area (Å²) in [5, 5.41) is 6.04. The molecule has 0 radical (unpaired) electrons. The van der Waals surface area contributed by atoms with E-state index in [0.29, 0.717) is 5.41 Å². The predicted octanol–water partition coefficient (Wildman–Crippen LogP) is 3.38. The first-order valence-corrected chi connectivity index (χ1v) is 6.44. The summed E-state index contributed by atoms with van der Waals surface area (Å²) in [7, 11) is 2.06. The Bertz CT molecular complexity index is 526. The molecule has 0 heterocycles. The Hall–Kier alpha value is -1.34. The van der Waals surface area contributed by atoms with Crippen molar-refractivity contribution in [2.75, 3.05) is 13.6 Å². The van der Waals surface area contributed by atoms with E-state index in [9.17, 15) is 0 Å². The van der Waals surface area contributed by atoms with Gasteiger partial charge in [0.2, 0.25) is 0 Å². The summed E-state index contributed by atoms with van der Waals surface area (Å²) in [5.41, 5.74) is 2.04. The van der Waals surface area contributed by atoms with Crippen LogP contribution in [0.1, 0.15) is 18.4 Å². The third-order valence-electron chi connectivity index (χ3n) is 3.90. The summed E-state index contributed by atoms with van der Waals surface area (Å²) in [4.78, 5) is 0. The fraction of sp³-hybridized carbons (Fsp3) is 0.375. The van der Waals surface area contributed by atoms with E-state index >= 15 is 0 Å². The second-order valence-corrected chi connectivity index (χ2v) is 5.39. The van der Waals surface area contributed by atoms with Gasteiger partial charge in [-0.25, -0.2) is 0 Å². The standard InChI is InChI=1S/C16H19N/c1-17-12-16(8-9-16)11-13-6-7-14-4-2-3-5-15(14)10-13/h2-7,10,17H,8-9,11-12H2,1H3. The van der Waals surface area contributed by atoms with Crippen molar-refractivity contribution >= 4 is 10.8 Å². The summed E-state index contributed by atoms with van der Waals surface area (Å²) in [6.07, 6.45) is 3.97. The highest BCUT2D eigenvalue weighted by molar-refractivity contribution is 5.83. The number of nitrogens with one attached hydrogen (secondary N) is 1. The molecule has 0 amide bonds. The molecule has 0 bridgehead atoms. The van der Waals surface area contributed by atoms with Crippen LogP contribution in [0.2, 0.25) is 0 Å². The van der Waals surface area contributed by atoms with Gasteiger partial charge in [0.15, 0.2) is 0 Å². The van der Waals surface area contributed by atoms with Crippen molar-refractivity contribution in [2.45, 2.75) is 19.3 Å². The van der Waals surface area contributed by atoms with E-state index < -0.39 is 0 Å². The maximum absolute atomic E-state index is 3.33. The molecular formula is C16H19N. The zero-order valence-electron chi connectivity index (χ0n) is 10.4. The van der Waals surface area contributed by atoms with Crippen molar-refractivity contribution in [2.24, 2.45) is 5.41 Å². The molecule has 2 aromatic carbocycles. The molecule has 0 spiro atoms. The van der Waals surface area contributed by atoms with E-state index in [1.165, 1.54) is 35.6 Å². The van der Waals surface area contributed by atoms with Crippen LogP contribution in [0.25, 0.3) is 10.8 Å². The van der Waals surface area contributed by atoms with Gasteiger partial charge in [-0.15, -0.1) is 0 Å². The summed E-state index contributed by atoms with van der Waals surface area (Å²) >= 11 is 0. The van der Waals surface area contributed by atoms with Crippen LogP contribution >= 0.6 is 0 Å². The Balaban J connectivity index is 1.86. The molecule has 1 heteroatoms. The molecular weight excluding hydrogens is 206 g/mol. The number of hydrogen-bond donors (Lipinski definition) is 1. The maximum Gasteiger partial charge on any atom is 0.000800 e. The maximum atomic E-state index is 3.33. The van der Waals surface area contributed by atoms with Gasteiger partial charge in [0.1, 0.15) is 0 Å². The molecule has 1 aliphatic rings.